The fourth-order valence-corrected chi connectivity index (χ4v) is 3.15. The van der Waals surface area contributed by atoms with Crippen LogP contribution in [-0.4, -0.2) is 4.98 Å². The van der Waals surface area contributed by atoms with Crippen molar-refractivity contribution in [3.05, 3.63) is 75.1 Å². The van der Waals surface area contributed by atoms with Gasteiger partial charge in [0.2, 0.25) is 0 Å². The molecule has 0 saturated carbocycles. The molecule has 0 radical (unpaired) electrons. The summed E-state index contributed by atoms with van der Waals surface area (Å²) in [5.74, 6) is 0. The van der Waals surface area contributed by atoms with Gasteiger partial charge in [0.1, 0.15) is 11.1 Å². The largest absolute Gasteiger partial charge is 0.235 e. The second-order valence-electron chi connectivity index (χ2n) is 5.13. The van der Waals surface area contributed by atoms with E-state index in [0.29, 0.717) is 15.6 Å². The number of halogens is 1. The van der Waals surface area contributed by atoms with Crippen LogP contribution in [-0.2, 0) is 0 Å². The molecule has 0 spiro atoms. The summed E-state index contributed by atoms with van der Waals surface area (Å²) < 4.78 is 0. The molecule has 0 unspecified atom stereocenters. The Morgan fingerprint density at radius 2 is 2.00 bits per heavy atom. The zero-order valence-electron chi connectivity index (χ0n) is 12.5. The van der Waals surface area contributed by atoms with Crippen LogP contribution in [0.2, 0.25) is 5.02 Å². The van der Waals surface area contributed by atoms with Gasteiger partial charge in [0.15, 0.2) is 0 Å². The van der Waals surface area contributed by atoms with E-state index in [1.807, 2.05) is 47.9 Å². The summed E-state index contributed by atoms with van der Waals surface area (Å²) >= 11 is 7.46. The van der Waals surface area contributed by atoms with E-state index in [-0.39, 0.29) is 0 Å². The summed E-state index contributed by atoms with van der Waals surface area (Å²) in [6.07, 6.45) is 1.81. The Morgan fingerprint density at radius 3 is 2.70 bits per heavy atom. The van der Waals surface area contributed by atoms with Gasteiger partial charge in [0.05, 0.1) is 11.3 Å². The first kappa shape index (κ1) is 15.5. The van der Waals surface area contributed by atoms with Gasteiger partial charge < -0.3 is 0 Å². The minimum Gasteiger partial charge on any atom is -0.235 e. The van der Waals surface area contributed by atoms with E-state index >= 15 is 0 Å². The normalized spacial score (nSPS) is 11.3. The van der Waals surface area contributed by atoms with Crippen molar-refractivity contribution in [2.75, 3.05) is 0 Å². The van der Waals surface area contributed by atoms with Gasteiger partial charge in [0, 0.05) is 16.0 Å². The third kappa shape index (κ3) is 3.68. The number of nitriles is 1. The highest BCUT2D eigenvalue weighted by Crippen LogP contribution is 2.27. The molecule has 1 aromatic heterocycles. The van der Waals surface area contributed by atoms with Crippen molar-refractivity contribution in [1.82, 2.24) is 4.98 Å². The Hall–Kier alpha value is -2.41. The van der Waals surface area contributed by atoms with Gasteiger partial charge in [-0.25, -0.2) is 4.98 Å². The first-order chi connectivity index (χ1) is 11.2. The van der Waals surface area contributed by atoms with E-state index < -0.39 is 0 Å². The minimum atomic E-state index is 0.538. The molecule has 23 heavy (non-hydrogen) atoms. The molecule has 112 valence electrons. The van der Waals surface area contributed by atoms with Crippen molar-refractivity contribution in [2.24, 2.45) is 0 Å². The first-order valence-electron chi connectivity index (χ1n) is 7.06. The number of hydrogen-bond acceptors (Lipinski definition) is 3. The molecule has 0 atom stereocenters. The molecule has 3 aromatic rings. The summed E-state index contributed by atoms with van der Waals surface area (Å²) in [7, 11) is 0. The van der Waals surface area contributed by atoms with E-state index in [0.717, 1.165) is 16.8 Å². The van der Waals surface area contributed by atoms with Crippen LogP contribution in [0.15, 0.2) is 53.9 Å². The third-order valence-corrected chi connectivity index (χ3v) is 4.47. The molecule has 0 saturated heterocycles. The Bertz CT molecular complexity index is 902. The Kier molecular flexibility index (Phi) is 4.57. The zero-order valence-corrected chi connectivity index (χ0v) is 14.0. The summed E-state index contributed by atoms with van der Waals surface area (Å²) in [5, 5.41) is 12.8. The molecule has 0 bridgehead atoms. The van der Waals surface area contributed by atoms with Crippen LogP contribution in [0.1, 0.15) is 16.1 Å². The molecule has 0 aliphatic rings. The summed E-state index contributed by atoms with van der Waals surface area (Å²) in [6, 6.07) is 17.8. The van der Waals surface area contributed by atoms with Gasteiger partial charge in [0.25, 0.3) is 0 Å². The predicted molar refractivity (Wildman–Crippen MR) is 97.2 cm³/mol. The molecule has 1 heterocycles. The first-order valence-corrected chi connectivity index (χ1v) is 8.32. The molecule has 2 nitrogen and oxygen atoms in total. The average molecular weight is 337 g/mol. The maximum absolute atomic E-state index is 9.44. The highest BCUT2D eigenvalue weighted by Gasteiger charge is 2.09. The second kappa shape index (κ2) is 6.78. The lowest BCUT2D eigenvalue weighted by Crippen LogP contribution is -1.83. The van der Waals surface area contributed by atoms with Crippen molar-refractivity contribution in [3.8, 4) is 17.3 Å². The van der Waals surface area contributed by atoms with Crippen LogP contribution in [0.25, 0.3) is 22.9 Å². The summed E-state index contributed by atoms with van der Waals surface area (Å²) in [5.41, 5.74) is 4.58. The molecule has 3 rings (SSSR count). The van der Waals surface area contributed by atoms with E-state index in [4.69, 9.17) is 11.6 Å². The van der Waals surface area contributed by atoms with Crippen LogP contribution < -0.4 is 0 Å². The Labute approximate surface area is 144 Å². The van der Waals surface area contributed by atoms with E-state index in [9.17, 15) is 5.26 Å². The Balaban J connectivity index is 1.94. The van der Waals surface area contributed by atoms with Crippen LogP contribution in [0.5, 0.6) is 0 Å². The number of nitrogens with zero attached hydrogens (tertiary/aromatic N) is 2. The zero-order chi connectivity index (χ0) is 16.2. The number of benzene rings is 2. The fourth-order valence-electron chi connectivity index (χ4n) is 2.16. The smallest absolute Gasteiger partial charge is 0.134 e. The van der Waals surface area contributed by atoms with Gasteiger partial charge in [-0.2, -0.15) is 5.26 Å². The lowest BCUT2D eigenvalue weighted by molar-refractivity contribution is 1.36. The number of aromatic nitrogens is 1. The van der Waals surface area contributed by atoms with Crippen molar-refractivity contribution >= 4 is 34.6 Å². The maximum atomic E-state index is 9.44. The SMILES string of the molecule is Cc1ccc(-c2csc(/C(C#N)=C/c3cccc(Cl)c3)n2)cc1. The number of rotatable bonds is 3. The highest BCUT2D eigenvalue weighted by molar-refractivity contribution is 7.11. The molecule has 0 fully saturated rings. The van der Waals surface area contributed by atoms with Crippen molar-refractivity contribution in [3.63, 3.8) is 0 Å². The van der Waals surface area contributed by atoms with E-state index in [2.05, 4.69) is 30.1 Å². The lowest BCUT2D eigenvalue weighted by atomic mass is 10.1. The quantitative estimate of drug-likeness (QED) is 0.564. The second-order valence-corrected chi connectivity index (χ2v) is 6.42. The molecule has 0 N–H and O–H groups in total. The van der Waals surface area contributed by atoms with Gasteiger partial charge >= 0.3 is 0 Å². The molecule has 0 amide bonds. The third-order valence-electron chi connectivity index (χ3n) is 3.36. The number of hydrogen-bond donors (Lipinski definition) is 0. The standard InChI is InChI=1S/C19H13ClN2S/c1-13-5-7-15(8-6-13)18-12-23-19(22-18)16(11-21)9-14-3-2-4-17(20)10-14/h2-10,12H,1H3/b16-9+. The molecule has 2 aromatic carbocycles. The van der Waals surface area contributed by atoms with Crippen LogP contribution in [0.3, 0.4) is 0 Å². The molecule has 4 heteroatoms. The summed E-state index contributed by atoms with van der Waals surface area (Å²) in [4.78, 5) is 4.59. The van der Waals surface area contributed by atoms with Gasteiger partial charge in [-0.05, 0) is 30.7 Å². The molecular formula is C19H13ClN2S. The van der Waals surface area contributed by atoms with Gasteiger partial charge in [-0.1, -0.05) is 53.6 Å². The lowest BCUT2D eigenvalue weighted by Gasteiger charge is -1.98. The van der Waals surface area contributed by atoms with Crippen LogP contribution in [0, 0.1) is 18.3 Å². The monoisotopic (exact) mass is 336 g/mol. The molecule has 0 aliphatic carbocycles. The van der Waals surface area contributed by atoms with Gasteiger partial charge in [-0.3, -0.25) is 0 Å². The number of aryl methyl sites for hydroxylation is 1. The van der Waals surface area contributed by atoms with E-state index in [1.165, 1.54) is 16.9 Å². The van der Waals surface area contributed by atoms with Crippen molar-refractivity contribution in [1.29, 1.82) is 5.26 Å². The Morgan fingerprint density at radius 1 is 1.22 bits per heavy atom. The van der Waals surface area contributed by atoms with E-state index in [1.54, 1.807) is 0 Å². The minimum absolute atomic E-state index is 0.538. The number of allylic oxidation sites excluding steroid dienone is 1. The maximum Gasteiger partial charge on any atom is 0.134 e. The number of thiazole rings is 1. The van der Waals surface area contributed by atoms with Crippen molar-refractivity contribution in [2.45, 2.75) is 6.92 Å². The molecule has 0 aliphatic heterocycles. The van der Waals surface area contributed by atoms with Gasteiger partial charge in [-0.15, -0.1) is 11.3 Å². The molecular weight excluding hydrogens is 324 g/mol. The van der Waals surface area contributed by atoms with Crippen LogP contribution >= 0.6 is 22.9 Å². The van der Waals surface area contributed by atoms with Crippen molar-refractivity contribution < 1.29 is 0 Å². The average Bonchev–Trinajstić information content (AvgIpc) is 3.03. The topological polar surface area (TPSA) is 36.7 Å². The van der Waals surface area contributed by atoms with Crippen LogP contribution in [0.4, 0.5) is 0 Å². The summed E-state index contributed by atoms with van der Waals surface area (Å²) in [6.45, 7) is 2.05. The highest BCUT2D eigenvalue weighted by atomic mass is 35.5. The fraction of sp³-hybridized carbons (Fsp3) is 0.0526. The predicted octanol–water partition coefficient (Wildman–Crippen LogP) is 5.84.